The highest BCUT2D eigenvalue weighted by Crippen LogP contribution is 2.28. The lowest BCUT2D eigenvalue weighted by Gasteiger charge is -2.20. The molecule has 0 saturated heterocycles. The van der Waals surface area contributed by atoms with Gasteiger partial charge in [-0.2, -0.15) is 5.10 Å². The molecule has 0 aliphatic carbocycles. The van der Waals surface area contributed by atoms with Gasteiger partial charge in [0.25, 0.3) is 0 Å². The summed E-state index contributed by atoms with van der Waals surface area (Å²) in [6.45, 7) is 5.82. The number of hydrogen-bond donors (Lipinski definition) is 1. The zero-order chi connectivity index (χ0) is 19.8. The smallest absolute Gasteiger partial charge is 0.230 e. The minimum atomic E-state index is -0.0682. The molecule has 4 rings (SSSR count). The molecule has 0 fully saturated rings. The average molecular weight is 416 g/mol. The fourth-order valence-electron chi connectivity index (χ4n) is 3.47. The number of aromatic nitrogens is 3. The van der Waals surface area contributed by atoms with Gasteiger partial charge in [0.15, 0.2) is 5.13 Å². The molecule has 1 amide bonds. The van der Waals surface area contributed by atoms with Gasteiger partial charge in [0.1, 0.15) is 0 Å². The predicted octanol–water partition coefficient (Wildman–Crippen LogP) is 3.77. The van der Waals surface area contributed by atoms with Crippen molar-refractivity contribution in [1.29, 1.82) is 0 Å². The number of benzene rings is 1. The number of amides is 1. The molecular formula is C20H22ClN5OS. The molecule has 0 saturated carbocycles. The molecule has 28 heavy (non-hydrogen) atoms. The largest absolute Gasteiger partial charge is 0.302 e. The highest BCUT2D eigenvalue weighted by molar-refractivity contribution is 7.15. The van der Waals surface area contributed by atoms with Crippen LogP contribution in [0.3, 0.4) is 0 Å². The Bertz CT molecular complexity index is 1020. The molecule has 8 heteroatoms. The monoisotopic (exact) mass is 415 g/mol. The van der Waals surface area contributed by atoms with Crippen LogP contribution in [0.2, 0.25) is 5.02 Å². The zero-order valence-corrected chi connectivity index (χ0v) is 17.7. The number of carbonyl (C=O) groups is 1. The number of anilines is 1. The summed E-state index contributed by atoms with van der Waals surface area (Å²) in [6.07, 6.45) is 1.21. The van der Waals surface area contributed by atoms with E-state index in [1.807, 2.05) is 42.8 Å². The van der Waals surface area contributed by atoms with Crippen LogP contribution in [-0.4, -0.2) is 39.2 Å². The van der Waals surface area contributed by atoms with E-state index in [0.29, 0.717) is 10.2 Å². The molecule has 2 aromatic heterocycles. The van der Waals surface area contributed by atoms with E-state index in [9.17, 15) is 4.79 Å². The van der Waals surface area contributed by atoms with Crippen LogP contribution in [0.5, 0.6) is 0 Å². The molecule has 3 heterocycles. The minimum absolute atomic E-state index is 0.0682. The lowest BCUT2D eigenvalue weighted by atomic mass is 10.1. The van der Waals surface area contributed by atoms with E-state index >= 15 is 0 Å². The Hall–Kier alpha value is -2.22. The first kappa shape index (κ1) is 19.1. The van der Waals surface area contributed by atoms with Gasteiger partial charge in [0.2, 0.25) is 5.91 Å². The molecule has 0 unspecified atom stereocenters. The number of nitrogens with one attached hydrogen (secondary N) is 1. The van der Waals surface area contributed by atoms with E-state index in [-0.39, 0.29) is 12.3 Å². The summed E-state index contributed by atoms with van der Waals surface area (Å²) in [6, 6.07) is 7.51. The number of thiazole rings is 1. The van der Waals surface area contributed by atoms with Crippen LogP contribution in [0, 0.1) is 13.8 Å². The van der Waals surface area contributed by atoms with Gasteiger partial charge >= 0.3 is 0 Å². The van der Waals surface area contributed by atoms with Crippen molar-refractivity contribution in [3.63, 3.8) is 0 Å². The van der Waals surface area contributed by atoms with Gasteiger partial charge in [0, 0.05) is 40.7 Å². The predicted molar refractivity (Wildman–Crippen MR) is 113 cm³/mol. The number of aryl methyl sites for hydroxylation is 1. The number of carbonyl (C=O) groups excluding carboxylic acids is 1. The number of halogens is 1. The third-order valence-electron chi connectivity index (χ3n) is 5.02. The summed E-state index contributed by atoms with van der Waals surface area (Å²) in [7, 11) is 2.10. The first-order valence-electron chi connectivity index (χ1n) is 9.18. The van der Waals surface area contributed by atoms with Crippen LogP contribution >= 0.6 is 22.9 Å². The number of nitrogens with zero attached hydrogens (tertiary/aromatic N) is 4. The van der Waals surface area contributed by atoms with Crippen LogP contribution in [-0.2, 0) is 24.2 Å². The fourth-order valence-corrected chi connectivity index (χ4v) is 4.70. The summed E-state index contributed by atoms with van der Waals surface area (Å²) in [4.78, 5) is 20.8. The van der Waals surface area contributed by atoms with Crippen molar-refractivity contribution < 1.29 is 4.79 Å². The van der Waals surface area contributed by atoms with Crippen molar-refractivity contribution >= 4 is 34.0 Å². The van der Waals surface area contributed by atoms with Gasteiger partial charge in [-0.3, -0.25) is 4.79 Å². The molecule has 0 spiro atoms. The van der Waals surface area contributed by atoms with Gasteiger partial charge in [-0.05, 0) is 45.2 Å². The third kappa shape index (κ3) is 3.83. The minimum Gasteiger partial charge on any atom is -0.302 e. The van der Waals surface area contributed by atoms with Crippen LogP contribution < -0.4 is 5.32 Å². The van der Waals surface area contributed by atoms with Gasteiger partial charge in [0.05, 0.1) is 23.5 Å². The van der Waals surface area contributed by atoms with Gasteiger partial charge < -0.3 is 10.2 Å². The maximum atomic E-state index is 12.6. The average Bonchev–Trinajstić information content (AvgIpc) is 3.17. The Balaban J connectivity index is 1.50. The quantitative estimate of drug-likeness (QED) is 0.704. The molecule has 146 valence electrons. The second kappa shape index (κ2) is 7.66. The molecule has 0 atom stereocenters. The van der Waals surface area contributed by atoms with Gasteiger partial charge in [-0.15, -0.1) is 11.3 Å². The number of fused-ring (bicyclic) bond motifs is 1. The molecule has 0 bridgehead atoms. The Kier molecular flexibility index (Phi) is 5.23. The molecule has 1 aliphatic rings. The van der Waals surface area contributed by atoms with E-state index in [2.05, 4.69) is 27.3 Å². The molecule has 1 aliphatic heterocycles. The summed E-state index contributed by atoms with van der Waals surface area (Å²) in [5.41, 5.74) is 4.78. The van der Waals surface area contributed by atoms with Crippen molar-refractivity contribution in [2.75, 3.05) is 18.9 Å². The van der Waals surface area contributed by atoms with Crippen LogP contribution in [0.4, 0.5) is 5.13 Å². The zero-order valence-electron chi connectivity index (χ0n) is 16.1. The van der Waals surface area contributed by atoms with E-state index in [4.69, 9.17) is 11.6 Å². The maximum absolute atomic E-state index is 12.6. The lowest BCUT2D eigenvalue weighted by Crippen LogP contribution is -2.25. The van der Waals surface area contributed by atoms with Crippen LogP contribution in [0.1, 0.15) is 27.5 Å². The standard InChI is InChI=1S/C20H22ClN5OS/c1-12-16(13(2)26(24-12)15-6-4-14(21)5-7-15)10-19(27)23-20-22-17-8-9-25(3)11-18(17)28-20/h4-7H,8-11H2,1-3H3,(H,22,23,27). The normalized spacial score (nSPS) is 14.1. The number of hydrogen-bond acceptors (Lipinski definition) is 5. The molecule has 6 nitrogen and oxygen atoms in total. The van der Waals surface area contributed by atoms with Crippen molar-refractivity contribution in [1.82, 2.24) is 19.7 Å². The van der Waals surface area contributed by atoms with E-state index in [0.717, 1.165) is 47.8 Å². The first-order valence-corrected chi connectivity index (χ1v) is 10.4. The van der Waals surface area contributed by atoms with E-state index in [1.54, 1.807) is 11.3 Å². The van der Waals surface area contributed by atoms with Gasteiger partial charge in [-0.25, -0.2) is 9.67 Å². The molecule has 0 radical (unpaired) electrons. The third-order valence-corrected chi connectivity index (χ3v) is 6.27. The van der Waals surface area contributed by atoms with Crippen molar-refractivity contribution in [2.24, 2.45) is 0 Å². The molecule has 1 N–H and O–H groups in total. The molecule has 1 aromatic carbocycles. The summed E-state index contributed by atoms with van der Waals surface area (Å²) in [5, 5.41) is 8.94. The second-order valence-corrected chi connectivity index (χ2v) is 8.66. The van der Waals surface area contributed by atoms with Crippen molar-refractivity contribution in [3.8, 4) is 5.69 Å². The van der Waals surface area contributed by atoms with Crippen LogP contribution in [0.25, 0.3) is 5.69 Å². The maximum Gasteiger partial charge on any atom is 0.230 e. The topological polar surface area (TPSA) is 63.1 Å². The Morgan fingerprint density at radius 1 is 1.29 bits per heavy atom. The van der Waals surface area contributed by atoms with Crippen LogP contribution in [0.15, 0.2) is 24.3 Å². The van der Waals surface area contributed by atoms with Crippen molar-refractivity contribution in [2.45, 2.75) is 33.2 Å². The summed E-state index contributed by atoms with van der Waals surface area (Å²) in [5.74, 6) is -0.0682. The van der Waals surface area contributed by atoms with Crippen molar-refractivity contribution in [3.05, 3.63) is 56.8 Å². The van der Waals surface area contributed by atoms with E-state index < -0.39 is 0 Å². The Morgan fingerprint density at radius 3 is 2.79 bits per heavy atom. The number of rotatable bonds is 4. The highest BCUT2D eigenvalue weighted by atomic mass is 35.5. The highest BCUT2D eigenvalue weighted by Gasteiger charge is 2.20. The Morgan fingerprint density at radius 2 is 2.04 bits per heavy atom. The van der Waals surface area contributed by atoms with E-state index in [1.165, 1.54) is 4.88 Å². The number of likely N-dealkylation sites (N-methyl/N-ethyl adjacent to an activating group) is 1. The second-order valence-electron chi connectivity index (χ2n) is 7.14. The summed E-state index contributed by atoms with van der Waals surface area (Å²) >= 11 is 7.55. The Labute approximate surface area is 173 Å². The first-order chi connectivity index (χ1) is 13.4. The lowest BCUT2D eigenvalue weighted by molar-refractivity contribution is -0.115. The van der Waals surface area contributed by atoms with Gasteiger partial charge in [-0.1, -0.05) is 11.6 Å². The molecule has 3 aromatic rings. The fraction of sp³-hybridized carbons (Fsp3) is 0.350. The SMILES string of the molecule is Cc1nn(-c2ccc(Cl)cc2)c(C)c1CC(=O)Nc1nc2c(s1)CN(C)CC2. The molecular weight excluding hydrogens is 394 g/mol. The summed E-state index contributed by atoms with van der Waals surface area (Å²) < 4.78 is 1.85.